The maximum Gasteiger partial charge on any atom is 0.407 e. The number of rotatable bonds is 15. The Bertz CT molecular complexity index is 830. The summed E-state index contributed by atoms with van der Waals surface area (Å²) in [6.07, 6.45) is 2.69. The van der Waals surface area contributed by atoms with Crippen LogP contribution in [0.2, 0.25) is 0 Å². The number of carbonyl (C=O) groups excluding carboxylic acids is 4. The molecule has 0 fully saturated rings. The van der Waals surface area contributed by atoms with Gasteiger partial charge in [-0.3, -0.25) is 19.4 Å². The fourth-order valence-electron chi connectivity index (χ4n) is 3.97. The molecule has 36 heavy (non-hydrogen) atoms. The molecule has 4 amide bonds. The number of amides is 4. The molecule has 200 valence electrons. The van der Waals surface area contributed by atoms with Crippen LogP contribution in [0, 0.1) is 0 Å². The molecule has 10 heteroatoms. The van der Waals surface area contributed by atoms with Crippen LogP contribution in [-0.2, 0) is 9.47 Å². The van der Waals surface area contributed by atoms with Gasteiger partial charge >= 0.3 is 12.2 Å². The van der Waals surface area contributed by atoms with Gasteiger partial charge in [0, 0.05) is 32.2 Å². The van der Waals surface area contributed by atoms with E-state index in [1.54, 1.807) is 24.3 Å². The van der Waals surface area contributed by atoms with Gasteiger partial charge in [-0.05, 0) is 38.8 Å². The van der Waals surface area contributed by atoms with Crippen molar-refractivity contribution in [1.82, 2.24) is 20.4 Å². The first-order chi connectivity index (χ1) is 17.3. The average Bonchev–Trinajstić information content (AvgIpc) is 3.12. The molecule has 10 nitrogen and oxygen atoms in total. The quantitative estimate of drug-likeness (QED) is 0.278. The van der Waals surface area contributed by atoms with Crippen LogP contribution in [0.3, 0.4) is 0 Å². The third-order valence-electron chi connectivity index (χ3n) is 6.33. The van der Waals surface area contributed by atoms with Gasteiger partial charge in [0.25, 0.3) is 11.8 Å². The van der Waals surface area contributed by atoms with Gasteiger partial charge in [-0.25, -0.2) is 9.59 Å². The third-order valence-corrected chi connectivity index (χ3v) is 6.33. The van der Waals surface area contributed by atoms with E-state index in [4.69, 9.17) is 9.47 Å². The zero-order chi connectivity index (χ0) is 26.5. The summed E-state index contributed by atoms with van der Waals surface area (Å²) in [4.78, 5) is 53.0. The smallest absolute Gasteiger partial charge is 0.407 e. The standard InChI is InChI=1S/C26H40N4O6/c1-5-7-13-27-25(33)35-17-15-29(16-18-36-26(34)28-14-8-6-2)19(3)20(4)30-23(31)21-11-9-10-12-22(21)24(30)32/h9-12,19-20H,5-8,13-18H2,1-4H3,(H,27,33)(H,28,34). The normalized spacial score (nSPS) is 14.4. The highest BCUT2D eigenvalue weighted by Gasteiger charge is 2.40. The molecule has 0 aliphatic carbocycles. The van der Waals surface area contributed by atoms with Crippen molar-refractivity contribution >= 4 is 24.0 Å². The minimum atomic E-state index is -0.490. The third kappa shape index (κ3) is 8.22. The van der Waals surface area contributed by atoms with Crippen LogP contribution in [0.1, 0.15) is 74.1 Å². The number of nitrogens with one attached hydrogen (secondary N) is 2. The molecule has 2 atom stereocenters. The second-order valence-electron chi connectivity index (χ2n) is 8.88. The van der Waals surface area contributed by atoms with Crippen LogP contribution in [0.15, 0.2) is 24.3 Å². The molecule has 0 bridgehead atoms. The van der Waals surface area contributed by atoms with Crippen LogP contribution in [0.25, 0.3) is 0 Å². The van der Waals surface area contributed by atoms with Crippen molar-refractivity contribution in [2.75, 3.05) is 39.4 Å². The zero-order valence-electron chi connectivity index (χ0n) is 21.9. The van der Waals surface area contributed by atoms with E-state index in [1.165, 1.54) is 4.90 Å². The average molecular weight is 505 g/mol. The van der Waals surface area contributed by atoms with Crippen molar-refractivity contribution in [1.29, 1.82) is 0 Å². The lowest BCUT2D eigenvalue weighted by molar-refractivity contribution is 0.0416. The van der Waals surface area contributed by atoms with Gasteiger partial charge in [0.15, 0.2) is 0 Å². The van der Waals surface area contributed by atoms with E-state index in [-0.39, 0.29) is 31.1 Å². The van der Waals surface area contributed by atoms with Crippen molar-refractivity contribution in [3.8, 4) is 0 Å². The molecule has 1 aromatic rings. The number of nitrogens with zero attached hydrogens (tertiary/aromatic N) is 2. The van der Waals surface area contributed by atoms with E-state index >= 15 is 0 Å². The fraction of sp³-hybridized carbons (Fsp3) is 0.615. The van der Waals surface area contributed by atoms with Crippen molar-refractivity contribution < 1.29 is 28.7 Å². The molecule has 0 spiro atoms. The highest BCUT2D eigenvalue weighted by Crippen LogP contribution is 2.26. The molecule has 0 saturated carbocycles. The van der Waals surface area contributed by atoms with Gasteiger partial charge in [0.1, 0.15) is 13.2 Å². The Morgan fingerprint density at radius 3 is 1.72 bits per heavy atom. The molecular formula is C26H40N4O6. The Morgan fingerprint density at radius 1 is 0.861 bits per heavy atom. The molecule has 1 heterocycles. The second kappa shape index (κ2) is 15.1. The van der Waals surface area contributed by atoms with Crippen LogP contribution < -0.4 is 10.6 Å². The monoisotopic (exact) mass is 504 g/mol. The number of unbranched alkanes of at least 4 members (excludes halogenated alkanes) is 2. The Morgan fingerprint density at radius 2 is 1.31 bits per heavy atom. The summed E-state index contributed by atoms with van der Waals surface area (Å²) in [6.45, 7) is 9.79. The molecule has 0 aromatic heterocycles. The molecule has 2 unspecified atom stereocenters. The summed E-state index contributed by atoms with van der Waals surface area (Å²) >= 11 is 0. The Balaban J connectivity index is 2.00. The van der Waals surface area contributed by atoms with Crippen molar-refractivity contribution in [2.24, 2.45) is 0 Å². The van der Waals surface area contributed by atoms with Gasteiger partial charge in [-0.2, -0.15) is 0 Å². The summed E-state index contributed by atoms with van der Waals surface area (Å²) in [7, 11) is 0. The number of hydrogen-bond acceptors (Lipinski definition) is 7. The van der Waals surface area contributed by atoms with E-state index in [0.717, 1.165) is 25.7 Å². The van der Waals surface area contributed by atoms with Crippen molar-refractivity contribution in [3.05, 3.63) is 35.4 Å². The van der Waals surface area contributed by atoms with E-state index in [0.29, 0.717) is 37.3 Å². The van der Waals surface area contributed by atoms with E-state index in [9.17, 15) is 19.2 Å². The molecule has 1 aromatic carbocycles. The van der Waals surface area contributed by atoms with E-state index < -0.39 is 18.2 Å². The van der Waals surface area contributed by atoms with Crippen LogP contribution in [0.5, 0.6) is 0 Å². The minimum Gasteiger partial charge on any atom is -0.448 e. The predicted molar refractivity (Wildman–Crippen MR) is 136 cm³/mol. The number of benzene rings is 1. The van der Waals surface area contributed by atoms with Gasteiger partial charge < -0.3 is 20.1 Å². The molecule has 1 aliphatic heterocycles. The molecule has 2 rings (SSSR count). The highest BCUT2D eigenvalue weighted by atomic mass is 16.6. The number of alkyl carbamates (subject to hydrolysis) is 2. The maximum absolute atomic E-state index is 13.0. The van der Waals surface area contributed by atoms with Gasteiger partial charge in [0.2, 0.25) is 0 Å². The Kier molecular flexibility index (Phi) is 12.2. The predicted octanol–water partition coefficient (Wildman–Crippen LogP) is 3.41. The topological polar surface area (TPSA) is 117 Å². The number of hydrogen-bond donors (Lipinski definition) is 2. The van der Waals surface area contributed by atoms with Crippen molar-refractivity contribution in [3.63, 3.8) is 0 Å². The molecule has 2 N–H and O–H groups in total. The first-order valence-corrected chi connectivity index (χ1v) is 12.8. The lowest BCUT2D eigenvalue weighted by Crippen LogP contribution is -2.52. The number of ether oxygens (including phenoxy) is 2. The summed E-state index contributed by atoms with van der Waals surface area (Å²) in [5.41, 5.74) is 0.791. The fourth-order valence-corrected chi connectivity index (χ4v) is 3.97. The van der Waals surface area contributed by atoms with Crippen LogP contribution >= 0.6 is 0 Å². The highest BCUT2D eigenvalue weighted by molar-refractivity contribution is 6.21. The Labute approximate surface area is 213 Å². The lowest BCUT2D eigenvalue weighted by atomic mass is 10.1. The molecule has 0 saturated heterocycles. The lowest BCUT2D eigenvalue weighted by Gasteiger charge is -2.36. The number of imide groups is 1. The first kappa shape index (κ1) is 29.1. The summed E-state index contributed by atoms with van der Waals surface area (Å²) < 4.78 is 10.6. The van der Waals surface area contributed by atoms with E-state index in [2.05, 4.69) is 10.6 Å². The molecular weight excluding hydrogens is 464 g/mol. The second-order valence-corrected chi connectivity index (χ2v) is 8.88. The minimum absolute atomic E-state index is 0.111. The molecule has 1 aliphatic rings. The zero-order valence-corrected chi connectivity index (χ0v) is 21.9. The van der Waals surface area contributed by atoms with Gasteiger partial charge in [-0.1, -0.05) is 38.8 Å². The summed E-state index contributed by atoms with van der Waals surface area (Å²) in [6, 6.07) is 6.03. The molecule has 0 radical (unpaired) electrons. The number of fused-ring (bicyclic) bond motifs is 1. The first-order valence-electron chi connectivity index (χ1n) is 12.8. The van der Waals surface area contributed by atoms with Gasteiger partial charge in [0.05, 0.1) is 17.2 Å². The Hall–Kier alpha value is -3.14. The summed E-state index contributed by atoms with van der Waals surface area (Å²) in [5.74, 6) is -0.652. The maximum atomic E-state index is 13.0. The largest absolute Gasteiger partial charge is 0.448 e. The SMILES string of the molecule is CCCCNC(=O)OCCN(CCOC(=O)NCCCC)C(C)C(C)N1C(=O)c2ccccc2C1=O. The summed E-state index contributed by atoms with van der Waals surface area (Å²) in [5, 5.41) is 5.41. The number of carbonyl (C=O) groups is 4. The van der Waals surface area contributed by atoms with Crippen LogP contribution in [-0.4, -0.2) is 85.3 Å². The van der Waals surface area contributed by atoms with E-state index in [1.807, 2.05) is 32.6 Å². The van der Waals surface area contributed by atoms with Crippen molar-refractivity contribution in [2.45, 2.75) is 65.5 Å². The van der Waals surface area contributed by atoms with Crippen LogP contribution in [0.4, 0.5) is 9.59 Å². The van der Waals surface area contributed by atoms with Gasteiger partial charge in [-0.15, -0.1) is 0 Å².